The molecule has 0 aliphatic heterocycles. The van der Waals surface area contributed by atoms with Crippen LogP contribution in [0, 0.1) is 0 Å². The number of benzene rings is 2. The summed E-state index contributed by atoms with van der Waals surface area (Å²) >= 11 is 1.44. The minimum Gasteiger partial charge on any atom is -0.485 e. The molecule has 0 saturated heterocycles. The molecule has 0 aliphatic carbocycles. The third kappa shape index (κ3) is 4.57. The molecule has 0 fully saturated rings. The number of fused-ring (bicyclic) bond motifs is 1. The van der Waals surface area contributed by atoms with Crippen molar-refractivity contribution in [3.05, 3.63) is 64.5 Å². The number of Topliss-reactive ketones (excluding diaryl/α,β-unsaturated/α-hetero) is 1. The zero-order chi connectivity index (χ0) is 19.4. The summed E-state index contributed by atoms with van der Waals surface area (Å²) in [6.45, 7) is 1.28. The summed E-state index contributed by atoms with van der Waals surface area (Å²) in [4.78, 5) is 35.8. The molecule has 1 amide bonds. The van der Waals surface area contributed by atoms with E-state index in [9.17, 15) is 14.4 Å². The quantitative estimate of drug-likeness (QED) is 0.397. The lowest BCUT2D eigenvalue weighted by Gasteiger charge is -2.10. The molecular formula is C20H17NO5S. The van der Waals surface area contributed by atoms with Gasteiger partial charge in [-0.1, -0.05) is 0 Å². The van der Waals surface area contributed by atoms with Crippen LogP contribution in [0.2, 0.25) is 0 Å². The van der Waals surface area contributed by atoms with E-state index in [1.165, 1.54) is 24.8 Å². The van der Waals surface area contributed by atoms with E-state index in [1.54, 1.807) is 42.5 Å². The molecule has 0 unspecified atom stereocenters. The van der Waals surface area contributed by atoms with Crippen molar-refractivity contribution in [1.29, 1.82) is 0 Å². The number of rotatable bonds is 6. The van der Waals surface area contributed by atoms with Crippen LogP contribution >= 0.6 is 11.8 Å². The van der Waals surface area contributed by atoms with Crippen molar-refractivity contribution >= 4 is 40.1 Å². The molecule has 0 bridgehead atoms. The van der Waals surface area contributed by atoms with Gasteiger partial charge in [0.2, 0.25) is 5.91 Å². The molecule has 0 radical (unpaired) electrons. The first kappa shape index (κ1) is 18.7. The number of ether oxygens (including phenoxy) is 1. The van der Waals surface area contributed by atoms with Crippen LogP contribution in [0.15, 0.2) is 62.6 Å². The number of ketones is 1. The monoisotopic (exact) mass is 383 g/mol. The van der Waals surface area contributed by atoms with Crippen molar-refractivity contribution in [1.82, 2.24) is 0 Å². The average molecular weight is 383 g/mol. The number of carbonyl (C=O) groups excluding carboxylic acids is 2. The highest BCUT2D eigenvalue weighted by Gasteiger charge is 2.12. The van der Waals surface area contributed by atoms with E-state index >= 15 is 0 Å². The average Bonchev–Trinajstić information content (AvgIpc) is 2.65. The number of amides is 1. The molecule has 0 aliphatic rings. The van der Waals surface area contributed by atoms with Gasteiger partial charge in [0.25, 0.3) is 0 Å². The Kier molecular flexibility index (Phi) is 5.61. The van der Waals surface area contributed by atoms with Crippen LogP contribution in [0.25, 0.3) is 11.0 Å². The maximum atomic E-state index is 12.4. The van der Waals surface area contributed by atoms with Crippen molar-refractivity contribution < 1.29 is 18.7 Å². The van der Waals surface area contributed by atoms with E-state index < -0.39 is 5.63 Å². The first-order valence-corrected chi connectivity index (χ1v) is 9.34. The summed E-state index contributed by atoms with van der Waals surface area (Å²) in [5.74, 6) is 0.0649. The highest BCUT2D eigenvalue weighted by Crippen LogP contribution is 2.27. The minimum atomic E-state index is -0.445. The molecule has 3 rings (SSSR count). The van der Waals surface area contributed by atoms with Crippen LogP contribution < -0.4 is 15.7 Å². The van der Waals surface area contributed by atoms with E-state index in [0.717, 1.165) is 10.3 Å². The molecule has 0 spiro atoms. The molecule has 2 aromatic carbocycles. The maximum absolute atomic E-state index is 12.4. The molecule has 3 aromatic rings. The smallest absolute Gasteiger partial charge is 0.336 e. The highest BCUT2D eigenvalue weighted by atomic mass is 32.2. The van der Waals surface area contributed by atoms with Crippen LogP contribution in [-0.4, -0.2) is 24.6 Å². The summed E-state index contributed by atoms with van der Waals surface area (Å²) in [7, 11) is 0. The van der Waals surface area contributed by atoms with E-state index in [0.29, 0.717) is 22.6 Å². The Hall–Kier alpha value is -3.06. The van der Waals surface area contributed by atoms with Crippen molar-refractivity contribution in [2.75, 3.05) is 18.2 Å². The van der Waals surface area contributed by atoms with Gasteiger partial charge >= 0.3 is 5.63 Å². The van der Waals surface area contributed by atoms with Crippen LogP contribution in [0.5, 0.6) is 5.75 Å². The van der Waals surface area contributed by atoms with E-state index in [2.05, 4.69) is 5.32 Å². The zero-order valence-corrected chi connectivity index (χ0v) is 15.6. The second-order valence-electron chi connectivity index (χ2n) is 5.76. The summed E-state index contributed by atoms with van der Waals surface area (Å²) in [5.41, 5.74) is 1.11. The Bertz CT molecular complexity index is 1070. The van der Waals surface area contributed by atoms with Gasteiger partial charge in [0.05, 0.1) is 5.69 Å². The second kappa shape index (κ2) is 8.09. The Balaban J connectivity index is 1.73. The van der Waals surface area contributed by atoms with Crippen molar-refractivity contribution in [2.45, 2.75) is 11.8 Å². The fraction of sp³-hybridized carbons (Fsp3) is 0.150. The number of carbonyl (C=O) groups is 2. The predicted octanol–water partition coefficient (Wildman–Crippen LogP) is 3.74. The van der Waals surface area contributed by atoms with Crippen molar-refractivity contribution in [2.24, 2.45) is 0 Å². The minimum absolute atomic E-state index is 0.157. The molecule has 7 heteroatoms. The number of thioether (sulfide) groups is 1. The predicted molar refractivity (Wildman–Crippen MR) is 105 cm³/mol. The van der Waals surface area contributed by atoms with Crippen LogP contribution in [0.4, 0.5) is 5.69 Å². The first-order chi connectivity index (χ1) is 13.0. The summed E-state index contributed by atoms with van der Waals surface area (Å²) in [5, 5.41) is 3.50. The van der Waals surface area contributed by atoms with Gasteiger partial charge in [-0.2, -0.15) is 0 Å². The van der Waals surface area contributed by atoms with Gasteiger partial charge in [0.1, 0.15) is 11.3 Å². The first-order valence-electron chi connectivity index (χ1n) is 8.12. The van der Waals surface area contributed by atoms with Crippen molar-refractivity contribution in [3.63, 3.8) is 0 Å². The number of anilines is 1. The van der Waals surface area contributed by atoms with Gasteiger partial charge in [-0.15, -0.1) is 11.8 Å². The SMILES string of the molecule is CSc1cc(C(=O)COc2ccc3ccc(=O)oc3c2)ccc1NC(C)=O. The normalized spacial score (nSPS) is 10.6. The molecule has 27 heavy (non-hydrogen) atoms. The van der Waals surface area contributed by atoms with Crippen LogP contribution in [-0.2, 0) is 4.79 Å². The van der Waals surface area contributed by atoms with Crippen LogP contribution in [0.3, 0.4) is 0 Å². The Labute approximate surface area is 159 Å². The van der Waals surface area contributed by atoms with E-state index in [-0.39, 0.29) is 18.3 Å². The molecule has 1 N–H and O–H groups in total. The number of nitrogens with one attached hydrogen (secondary N) is 1. The fourth-order valence-electron chi connectivity index (χ4n) is 2.52. The fourth-order valence-corrected chi connectivity index (χ4v) is 3.10. The van der Waals surface area contributed by atoms with Gasteiger partial charge in [-0.05, 0) is 42.7 Å². The Morgan fingerprint density at radius 3 is 2.63 bits per heavy atom. The Morgan fingerprint density at radius 1 is 1.11 bits per heavy atom. The van der Waals surface area contributed by atoms with E-state index in [1.807, 2.05) is 6.26 Å². The summed E-state index contributed by atoms with van der Waals surface area (Å²) in [6.07, 6.45) is 1.87. The van der Waals surface area contributed by atoms with Gasteiger partial charge < -0.3 is 14.5 Å². The lowest BCUT2D eigenvalue weighted by molar-refractivity contribution is -0.114. The summed E-state index contributed by atoms with van der Waals surface area (Å²) < 4.78 is 10.7. The molecule has 1 heterocycles. The largest absolute Gasteiger partial charge is 0.485 e. The number of hydrogen-bond donors (Lipinski definition) is 1. The van der Waals surface area contributed by atoms with E-state index in [4.69, 9.17) is 9.15 Å². The molecule has 6 nitrogen and oxygen atoms in total. The van der Waals surface area contributed by atoms with Crippen LogP contribution in [0.1, 0.15) is 17.3 Å². The van der Waals surface area contributed by atoms with Gasteiger partial charge in [0.15, 0.2) is 12.4 Å². The molecule has 1 aromatic heterocycles. The van der Waals surface area contributed by atoms with Gasteiger partial charge in [-0.3, -0.25) is 9.59 Å². The zero-order valence-electron chi connectivity index (χ0n) is 14.8. The third-order valence-corrected chi connectivity index (χ3v) is 4.58. The topological polar surface area (TPSA) is 85.6 Å². The molecule has 0 atom stereocenters. The molecular weight excluding hydrogens is 366 g/mol. The summed E-state index contributed by atoms with van der Waals surface area (Å²) in [6, 6.07) is 13.1. The van der Waals surface area contributed by atoms with Crippen molar-refractivity contribution in [3.8, 4) is 5.75 Å². The maximum Gasteiger partial charge on any atom is 0.336 e. The standard InChI is InChI=1S/C20H17NO5S/c1-12(22)21-16-7-4-14(9-19(16)27-2)17(23)11-25-15-6-3-13-5-8-20(24)26-18(13)10-15/h3-10H,11H2,1-2H3,(H,21,22). The second-order valence-corrected chi connectivity index (χ2v) is 6.61. The lowest BCUT2D eigenvalue weighted by Crippen LogP contribution is -2.12. The highest BCUT2D eigenvalue weighted by molar-refractivity contribution is 7.98. The Morgan fingerprint density at radius 2 is 1.89 bits per heavy atom. The van der Waals surface area contributed by atoms with Gasteiger partial charge in [0, 0.05) is 34.9 Å². The third-order valence-electron chi connectivity index (χ3n) is 3.80. The lowest BCUT2D eigenvalue weighted by atomic mass is 10.1. The number of hydrogen-bond acceptors (Lipinski definition) is 6. The molecule has 138 valence electrons. The van der Waals surface area contributed by atoms with Gasteiger partial charge in [-0.25, -0.2) is 4.79 Å². The molecule has 0 saturated carbocycles.